The maximum absolute atomic E-state index is 13.0. The molecular weight excluding hydrogens is 370 g/mol. The van der Waals surface area contributed by atoms with Crippen LogP contribution in [0.2, 0.25) is 5.02 Å². The number of benzene rings is 2. The molecule has 0 radical (unpaired) electrons. The van der Waals surface area contributed by atoms with Crippen molar-refractivity contribution in [3.8, 4) is 11.3 Å². The normalized spacial score (nSPS) is 14.2. The molecule has 1 aliphatic rings. The molecule has 5 heteroatoms. The van der Waals surface area contributed by atoms with Crippen molar-refractivity contribution in [1.29, 1.82) is 0 Å². The van der Waals surface area contributed by atoms with Crippen LogP contribution in [-0.4, -0.2) is 42.0 Å². The fourth-order valence-corrected chi connectivity index (χ4v) is 3.75. The first kappa shape index (κ1) is 18.5. The number of piperazine rings is 1. The molecule has 2 aromatic carbocycles. The summed E-state index contributed by atoms with van der Waals surface area (Å²) in [6.07, 6.45) is 0. The number of nitrogens with zero attached hydrogens (tertiary/aromatic N) is 3. The quantitative estimate of drug-likeness (QED) is 0.650. The first-order valence-corrected chi connectivity index (χ1v) is 9.82. The number of halogens is 1. The van der Waals surface area contributed by atoms with E-state index in [1.165, 1.54) is 0 Å². The Kier molecular flexibility index (Phi) is 5.31. The maximum atomic E-state index is 13.0. The van der Waals surface area contributed by atoms with E-state index in [9.17, 15) is 4.79 Å². The average molecular weight is 392 g/mol. The van der Waals surface area contributed by atoms with Crippen molar-refractivity contribution in [1.82, 2.24) is 9.88 Å². The molecule has 142 valence electrons. The van der Waals surface area contributed by atoms with E-state index in [0.29, 0.717) is 18.7 Å². The van der Waals surface area contributed by atoms with Gasteiger partial charge in [0.15, 0.2) is 0 Å². The zero-order valence-electron chi connectivity index (χ0n) is 15.8. The van der Waals surface area contributed by atoms with Crippen LogP contribution < -0.4 is 4.90 Å². The molecule has 1 fully saturated rings. The van der Waals surface area contributed by atoms with E-state index in [-0.39, 0.29) is 5.91 Å². The minimum absolute atomic E-state index is 0.0513. The van der Waals surface area contributed by atoms with Gasteiger partial charge in [-0.3, -0.25) is 9.78 Å². The van der Waals surface area contributed by atoms with Gasteiger partial charge in [0, 0.05) is 42.5 Å². The fraction of sp³-hybridized carbons (Fsp3) is 0.217. The van der Waals surface area contributed by atoms with E-state index < -0.39 is 0 Å². The van der Waals surface area contributed by atoms with Crippen molar-refractivity contribution in [2.24, 2.45) is 0 Å². The number of hydrogen-bond donors (Lipinski definition) is 0. The van der Waals surface area contributed by atoms with E-state index >= 15 is 0 Å². The Hall–Kier alpha value is -2.85. The molecule has 1 aliphatic heterocycles. The number of anilines is 1. The van der Waals surface area contributed by atoms with Gasteiger partial charge in [-0.25, -0.2) is 0 Å². The summed E-state index contributed by atoms with van der Waals surface area (Å²) in [7, 11) is 0. The summed E-state index contributed by atoms with van der Waals surface area (Å²) < 4.78 is 0. The van der Waals surface area contributed by atoms with Crippen LogP contribution in [0.4, 0.5) is 5.69 Å². The Balaban J connectivity index is 1.45. The Morgan fingerprint density at radius 2 is 1.68 bits per heavy atom. The highest BCUT2D eigenvalue weighted by atomic mass is 35.5. The predicted molar refractivity (Wildman–Crippen MR) is 114 cm³/mol. The highest BCUT2D eigenvalue weighted by Crippen LogP contribution is 2.23. The molecule has 1 aromatic heterocycles. The van der Waals surface area contributed by atoms with Crippen LogP contribution in [0, 0.1) is 6.92 Å². The van der Waals surface area contributed by atoms with Gasteiger partial charge >= 0.3 is 0 Å². The lowest BCUT2D eigenvalue weighted by atomic mass is 10.1. The van der Waals surface area contributed by atoms with Gasteiger partial charge in [-0.2, -0.15) is 0 Å². The smallest absolute Gasteiger partial charge is 0.255 e. The second kappa shape index (κ2) is 8.03. The van der Waals surface area contributed by atoms with Crippen LogP contribution in [0.5, 0.6) is 0 Å². The SMILES string of the molecule is Cc1nc(-c2ccccc2)ccc1C(=O)N1CCN(c2cccc(Cl)c2)CC1. The second-order valence-corrected chi connectivity index (χ2v) is 7.39. The lowest BCUT2D eigenvalue weighted by Gasteiger charge is -2.36. The van der Waals surface area contributed by atoms with Crippen LogP contribution in [0.25, 0.3) is 11.3 Å². The zero-order valence-corrected chi connectivity index (χ0v) is 16.6. The summed E-state index contributed by atoms with van der Waals surface area (Å²) in [4.78, 5) is 21.8. The number of carbonyl (C=O) groups excluding carboxylic acids is 1. The number of aromatic nitrogens is 1. The molecule has 0 spiro atoms. The van der Waals surface area contributed by atoms with E-state index in [1.54, 1.807) is 0 Å². The molecule has 4 rings (SSSR count). The molecule has 2 heterocycles. The van der Waals surface area contributed by atoms with Crippen LogP contribution in [0.1, 0.15) is 16.1 Å². The molecule has 0 saturated carbocycles. The summed E-state index contributed by atoms with van der Waals surface area (Å²) in [5, 5.41) is 0.733. The largest absolute Gasteiger partial charge is 0.368 e. The topological polar surface area (TPSA) is 36.4 Å². The Morgan fingerprint density at radius 1 is 0.929 bits per heavy atom. The van der Waals surface area contributed by atoms with Gasteiger partial charge in [-0.1, -0.05) is 48.0 Å². The van der Waals surface area contributed by atoms with Crippen molar-refractivity contribution in [3.05, 3.63) is 83.0 Å². The van der Waals surface area contributed by atoms with Gasteiger partial charge in [0.2, 0.25) is 0 Å². The third-order valence-corrected chi connectivity index (χ3v) is 5.36. The first-order chi connectivity index (χ1) is 13.6. The van der Waals surface area contributed by atoms with Crippen molar-refractivity contribution in [2.45, 2.75) is 6.92 Å². The van der Waals surface area contributed by atoms with E-state index in [4.69, 9.17) is 11.6 Å². The number of rotatable bonds is 3. The van der Waals surface area contributed by atoms with Crippen LogP contribution in [0.3, 0.4) is 0 Å². The van der Waals surface area contributed by atoms with E-state index in [0.717, 1.165) is 40.8 Å². The monoisotopic (exact) mass is 391 g/mol. The third kappa shape index (κ3) is 3.87. The molecule has 28 heavy (non-hydrogen) atoms. The van der Waals surface area contributed by atoms with Gasteiger partial charge < -0.3 is 9.80 Å². The molecule has 3 aromatic rings. The lowest BCUT2D eigenvalue weighted by molar-refractivity contribution is 0.0745. The number of carbonyl (C=O) groups is 1. The van der Waals surface area contributed by atoms with E-state index in [1.807, 2.05) is 72.5 Å². The summed E-state index contributed by atoms with van der Waals surface area (Å²) in [5.74, 6) is 0.0513. The molecule has 0 aliphatic carbocycles. The molecule has 0 bridgehead atoms. The van der Waals surface area contributed by atoms with E-state index in [2.05, 4.69) is 16.0 Å². The van der Waals surface area contributed by atoms with Crippen molar-refractivity contribution >= 4 is 23.2 Å². The third-order valence-electron chi connectivity index (χ3n) is 5.13. The summed E-state index contributed by atoms with van der Waals surface area (Å²) in [6.45, 7) is 4.86. The number of hydrogen-bond acceptors (Lipinski definition) is 3. The van der Waals surface area contributed by atoms with Crippen LogP contribution in [-0.2, 0) is 0 Å². The van der Waals surface area contributed by atoms with Crippen molar-refractivity contribution in [3.63, 3.8) is 0 Å². The Bertz CT molecular complexity index is 982. The fourth-order valence-electron chi connectivity index (χ4n) is 3.57. The molecule has 1 saturated heterocycles. The Labute approximate surface area is 170 Å². The molecule has 1 amide bonds. The summed E-state index contributed by atoms with van der Waals surface area (Å²) in [6, 6.07) is 21.7. The standard InChI is InChI=1S/C23H22ClN3O/c1-17-21(10-11-22(25-17)18-6-3-2-4-7-18)23(28)27-14-12-26(13-15-27)20-9-5-8-19(24)16-20/h2-11,16H,12-15H2,1H3. The molecule has 0 atom stereocenters. The van der Waals surface area contributed by atoms with Gasteiger partial charge in [0.05, 0.1) is 17.0 Å². The second-order valence-electron chi connectivity index (χ2n) is 6.95. The van der Waals surface area contributed by atoms with Crippen LogP contribution >= 0.6 is 11.6 Å². The number of pyridine rings is 1. The average Bonchev–Trinajstić information content (AvgIpc) is 2.74. The predicted octanol–water partition coefficient (Wildman–Crippen LogP) is 4.67. The van der Waals surface area contributed by atoms with Crippen LogP contribution in [0.15, 0.2) is 66.7 Å². The molecule has 0 N–H and O–H groups in total. The molecular formula is C23H22ClN3O. The highest BCUT2D eigenvalue weighted by molar-refractivity contribution is 6.30. The molecule has 4 nitrogen and oxygen atoms in total. The van der Waals surface area contributed by atoms with Gasteiger partial charge in [-0.05, 0) is 37.3 Å². The first-order valence-electron chi connectivity index (χ1n) is 9.45. The number of amides is 1. The highest BCUT2D eigenvalue weighted by Gasteiger charge is 2.24. The zero-order chi connectivity index (χ0) is 19.5. The number of aryl methyl sites for hydroxylation is 1. The van der Waals surface area contributed by atoms with Gasteiger partial charge in [0.1, 0.15) is 0 Å². The van der Waals surface area contributed by atoms with Gasteiger partial charge in [-0.15, -0.1) is 0 Å². The minimum atomic E-state index is 0.0513. The van der Waals surface area contributed by atoms with Gasteiger partial charge in [0.25, 0.3) is 5.91 Å². The Morgan fingerprint density at radius 3 is 2.36 bits per heavy atom. The summed E-state index contributed by atoms with van der Waals surface area (Å²) >= 11 is 6.10. The van der Waals surface area contributed by atoms with Crippen molar-refractivity contribution < 1.29 is 4.79 Å². The summed E-state index contributed by atoms with van der Waals surface area (Å²) in [5.41, 5.74) is 4.49. The molecule has 0 unspecified atom stereocenters. The van der Waals surface area contributed by atoms with Crippen molar-refractivity contribution in [2.75, 3.05) is 31.1 Å². The minimum Gasteiger partial charge on any atom is -0.368 e. The lowest BCUT2D eigenvalue weighted by Crippen LogP contribution is -2.49. The maximum Gasteiger partial charge on any atom is 0.255 e.